The molecule has 0 unspecified atom stereocenters. The van der Waals surface area contributed by atoms with Crippen molar-refractivity contribution in [3.8, 4) is 0 Å². The first kappa shape index (κ1) is 20.0. The monoisotopic (exact) mass is 429 g/mol. The van der Waals surface area contributed by atoms with Gasteiger partial charge in [0.25, 0.3) is 5.56 Å². The van der Waals surface area contributed by atoms with Gasteiger partial charge < -0.3 is 16.0 Å². The summed E-state index contributed by atoms with van der Waals surface area (Å²) in [5, 5.41) is 5.13. The number of anilines is 1. The summed E-state index contributed by atoms with van der Waals surface area (Å²) in [6.45, 7) is 0. The lowest BCUT2D eigenvalue weighted by molar-refractivity contribution is -0.122. The van der Waals surface area contributed by atoms with Gasteiger partial charge >= 0.3 is 0 Å². The smallest absolute Gasteiger partial charge is 0.255 e. The number of nitrogens with two attached hydrogens (primary N) is 1. The highest BCUT2D eigenvalue weighted by Gasteiger charge is 2.42. The van der Waals surface area contributed by atoms with E-state index in [1.54, 1.807) is 36.5 Å². The molecule has 0 bridgehead atoms. The number of pyridine rings is 1. The summed E-state index contributed by atoms with van der Waals surface area (Å²) in [5.74, 6) is -0.127. The van der Waals surface area contributed by atoms with Crippen LogP contribution in [0, 0.1) is 0 Å². The van der Waals surface area contributed by atoms with Crippen LogP contribution in [0.3, 0.4) is 0 Å². The molecule has 4 rings (SSSR count). The topological polar surface area (TPSA) is 88.0 Å². The normalized spacial score (nSPS) is 21.8. The van der Waals surface area contributed by atoms with Crippen molar-refractivity contribution in [1.82, 2.24) is 4.98 Å². The molecule has 0 radical (unpaired) electrons. The molecule has 7 heteroatoms. The minimum Gasteiger partial charge on any atom is -0.329 e. The van der Waals surface area contributed by atoms with E-state index >= 15 is 0 Å². The summed E-state index contributed by atoms with van der Waals surface area (Å²) in [4.78, 5) is 28.1. The van der Waals surface area contributed by atoms with Crippen LogP contribution in [0.25, 0.3) is 10.8 Å². The van der Waals surface area contributed by atoms with Crippen molar-refractivity contribution in [1.29, 1.82) is 0 Å². The van der Waals surface area contributed by atoms with Crippen molar-refractivity contribution in [2.24, 2.45) is 5.73 Å². The minimum atomic E-state index is -0.701. The van der Waals surface area contributed by atoms with Gasteiger partial charge in [-0.1, -0.05) is 35.3 Å². The minimum absolute atomic E-state index is 0.0965. The van der Waals surface area contributed by atoms with Crippen LogP contribution in [-0.4, -0.2) is 16.9 Å². The zero-order chi connectivity index (χ0) is 20.6. The summed E-state index contributed by atoms with van der Waals surface area (Å²) in [7, 11) is 0. The number of halogens is 2. The van der Waals surface area contributed by atoms with Crippen molar-refractivity contribution in [2.75, 3.05) is 5.32 Å². The number of hydrogen-bond donors (Lipinski definition) is 3. The lowest BCUT2D eigenvalue weighted by atomic mass is 9.67. The third-order valence-electron chi connectivity index (χ3n) is 5.82. The highest BCUT2D eigenvalue weighted by atomic mass is 35.5. The Kier molecular flexibility index (Phi) is 5.38. The van der Waals surface area contributed by atoms with E-state index in [-0.39, 0.29) is 17.5 Å². The molecule has 0 aliphatic heterocycles. The number of fused-ring (bicyclic) bond motifs is 1. The molecule has 1 aromatic heterocycles. The molecular weight excluding hydrogens is 409 g/mol. The number of amides is 1. The van der Waals surface area contributed by atoms with E-state index in [0.717, 1.165) is 18.4 Å². The van der Waals surface area contributed by atoms with Gasteiger partial charge in [-0.2, -0.15) is 0 Å². The maximum Gasteiger partial charge on any atom is 0.255 e. The molecular formula is C22H21Cl2N3O2. The lowest BCUT2D eigenvalue weighted by Gasteiger charge is -2.38. The molecule has 0 atom stereocenters. The number of aromatic amines is 1. The van der Waals surface area contributed by atoms with Crippen molar-refractivity contribution in [3.63, 3.8) is 0 Å². The van der Waals surface area contributed by atoms with Crippen LogP contribution in [0.5, 0.6) is 0 Å². The van der Waals surface area contributed by atoms with Crippen molar-refractivity contribution in [3.05, 3.63) is 74.6 Å². The number of nitrogens with one attached hydrogen (secondary N) is 2. The highest BCUT2D eigenvalue weighted by molar-refractivity contribution is 6.34. The molecule has 1 heterocycles. The standard InChI is InChI=1S/C22H21Cl2N3O2/c23-15-3-1-14(2-4-15)22(8-5-16(25)6-9-22)21(29)27-19-11-13-7-10-26-20(28)17(13)12-18(19)24/h1-4,7,10-12,16H,5-6,8-9,25H2,(H,26,28)(H,27,29)/t16-,22+. The van der Waals surface area contributed by atoms with Crippen LogP contribution in [-0.2, 0) is 10.2 Å². The molecule has 3 aromatic rings. The number of H-pyrrole nitrogens is 1. The summed E-state index contributed by atoms with van der Waals surface area (Å²) >= 11 is 12.4. The molecule has 1 aliphatic rings. The van der Waals surface area contributed by atoms with Gasteiger partial charge in [-0.3, -0.25) is 9.59 Å². The summed E-state index contributed by atoms with van der Waals surface area (Å²) in [6, 6.07) is 12.6. The quantitative estimate of drug-likeness (QED) is 0.567. The van der Waals surface area contributed by atoms with Gasteiger partial charge in [-0.05, 0) is 67.0 Å². The van der Waals surface area contributed by atoms with Gasteiger partial charge in [0.2, 0.25) is 5.91 Å². The number of rotatable bonds is 3. The van der Waals surface area contributed by atoms with E-state index in [9.17, 15) is 9.59 Å². The molecule has 0 spiro atoms. The maximum atomic E-state index is 13.5. The predicted octanol–water partition coefficient (Wildman–Crippen LogP) is 4.61. The first-order valence-electron chi connectivity index (χ1n) is 9.53. The number of hydrogen-bond acceptors (Lipinski definition) is 3. The van der Waals surface area contributed by atoms with Gasteiger partial charge in [0.1, 0.15) is 0 Å². The Morgan fingerprint density at radius 1 is 1.10 bits per heavy atom. The van der Waals surface area contributed by atoms with Crippen LogP contribution >= 0.6 is 23.2 Å². The highest BCUT2D eigenvalue weighted by Crippen LogP contribution is 2.41. The number of benzene rings is 2. The zero-order valence-electron chi connectivity index (χ0n) is 15.7. The maximum absolute atomic E-state index is 13.5. The third kappa shape index (κ3) is 3.78. The molecule has 5 nitrogen and oxygen atoms in total. The Labute approximate surface area is 178 Å². The van der Waals surface area contributed by atoms with Gasteiger partial charge in [0.15, 0.2) is 0 Å². The average molecular weight is 430 g/mol. The van der Waals surface area contributed by atoms with Crippen LogP contribution in [0.2, 0.25) is 10.0 Å². The Balaban J connectivity index is 1.72. The molecule has 1 amide bonds. The number of aromatic nitrogens is 1. The Bertz CT molecular complexity index is 1120. The predicted molar refractivity (Wildman–Crippen MR) is 118 cm³/mol. The lowest BCUT2D eigenvalue weighted by Crippen LogP contribution is -2.45. The SMILES string of the molecule is N[C@H]1CC[C@](C(=O)Nc2cc3cc[nH]c(=O)c3cc2Cl)(c2ccc(Cl)cc2)CC1. The first-order valence-corrected chi connectivity index (χ1v) is 10.3. The molecule has 2 aromatic carbocycles. The first-order chi connectivity index (χ1) is 13.9. The van der Waals surface area contributed by atoms with E-state index in [1.807, 2.05) is 12.1 Å². The average Bonchev–Trinajstić information content (AvgIpc) is 2.71. The Hall–Kier alpha value is -2.34. The fourth-order valence-electron chi connectivity index (χ4n) is 4.10. The zero-order valence-corrected chi connectivity index (χ0v) is 17.2. The van der Waals surface area contributed by atoms with Crippen LogP contribution in [0.15, 0.2) is 53.5 Å². The second-order valence-electron chi connectivity index (χ2n) is 7.61. The van der Waals surface area contributed by atoms with Crippen LogP contribution in [0.1, 0.15) is 31.2 Å². The summed E-state index contributed by atoms with van der Waals surface area (Å²) in [5.41, 5.74) is 6.58. The number of carbonyl (C=O) groups is 1. The van der Waals surface area contributed by atoms with Crippen molar-refractivity contribution in [2.45, 2.75) is 37.1 Å². The van der Waals surface area contributed by atoms with E-state index in [0.29, 0.717) is 39.3 Å². The molecule has 29 heavy (non-hydrogen) atoms. The van der Waals surface area contributed by atoms with E-state index < -0.39 is 5.41 Å². The Morgan fingerprint density at radius 2 is 1.79 bits per heavy atom. The molecule has 150 valence electrons. The van der Waals surface area contributed by atoms with Crippen molar-refractivity contribution < 1.29 is 4.79 Å². The van der Waals surface area contributed by atoms with E-state index in [1.165, 1.54) is 0 Å². The summed E-state index contributed by atoms with van der Waals surface area (Å²) < 4.78 is 0. The van der Waals surface area contributed by atoms with Crippen LogP contribution in [0.4, 0.5) is 5.69 Å². The second kappa shape index (κ2) is 7.82. The molecule has 1 saturated carbocycles. The van der Waals surface area contributed by atoms with Gasteiger partial charge in [0, 0.05) is 22.6 Å². The van der Waals surface area contributed by atoms with Gasteiger partial charge in [-0.15, -0.1) is 0 Å². The van der Waals surface area contributed by atoms with E-state index in [2.05, 4.69) is 10.3 Å². The van der Waals surface area contributed by atoms with E-state index in [4.69, 9.17) is 28.9 Å². The molecule has 4 N–H and O–H groups in total. The summed E-state index contributed by atoms with van der Waals surface area (Å²) in [6.07, 6.45) is 4.38. The fourth-order valence-corrected chi connectivity index (χ4v) is 4.43. The molecule has 1 aliphatic carbocycles. The largest absolute Gasteiger partial charge is 0.329 e. The van der Waals surface area contributed by atoms with Gasteiger partial charge in [0.05, 0.1) is 16.1 Å². The number of carbonyl (C=O) groups excluding carboxylic acids is 1. The third-order valence-corrected chi connectivity index (χ3v) is 6.39. The fraction of sp³-hybridized carbons (Fsp3) is 0.273. The second-order valence-corrected chi connectivity index (χ2v) is 8.45. The van der Waals surface area contributed by atoms with Gasteiger partial charge in [-0.25, -0.2) is 0 Å². The molecule has 0 saturated heterocycles. The Morgan fingerprint density at radius 3 is 2.48 bits per heavy atom. The molecule has 1 fully saturated rings. The van der Waals surface area contributed by atoms with Crippen LogP contribution < -0.4 is 16.6 Å². The van der Waals surface area contributed by atoms with Crippen molar-refractivity contribution >= 4 is 45.6 Å².